The summed E-state index contributed by atoms with van der Waals surface area (Å²) in [5.41, 5.74) is 5.02. The summed E-state index contributed by atoms with van der Waals surface area (Å²) in [5.74, 6) is 1.31. The first kappa shape index (κ1) is 14.3. The van der Waals surface area contributed by atoms with E-state index in [1.54, 1.807) is 7.11 Å². The summed E-state index contributed by atoms with van der Waals surface area (Å²) in [7, 11) is 1.68. The van der Waals surface area contributed by atoms with Gasteiger partial charge in [0.1, 0.15) is 0 Å². The Labute approximate surface area is 121 Å². The molecule has 2 nitrogen and oxygen atoms in total. The van der Waals surface area contributed by atoms with E-state index in [1.807, 2.05) is 19.1 Å². The minimum Gasteiger partial charge on any atom is -0.501 e. The molecule has 0 amide bonds. The van der Waals surface area contributed by atoms with E-state index in [-0.39, 0.29) is 0 Å². The molecule has 0 N–H and O–H groups in total. The van der Waals surface area contributed by atoms with Gasteiger partial charge in [-0.05, 0) is 32.9 Å². The van der Waals surface area contributed by atoms with Gasteiger partial charge < -0.3 is 4.74 Å². The molecule has 0 saturated heterocycles. The van der Waals surface area contributed by atoms with Crippen LogP contribution in [-0.4, -0.2) is 7.11 Å². The molecular weight excluding hydrogens is 246 g/mol. The number of methoxy groups -OCH3 is 1. The number of allylic oxidation sites excluding steroid dienone is 7. The van der Waals surface area contributed by atoms with Crippen molar-refractivity contribution in [3.8, 4) is 0 Å². The Morgan fingerprint density at radius 2 is 2.10 bits per heavy atom. The van der Waals surface area contributed by atoms with Gasteiger partial charge in [-0.25, -0.2) is 0 Å². The quantitative estimate of drug-likeness (QED) is 0.457. The molecule has 1 unspecified atom stereocenters. The largest absolute Gasteiger partial charge is 0.501 e. The lowest BCUT2D eigenvalue weighted by atomic mass is 9.98. The van der Waals surface area contributed by atoms with Crippen LogP contribution in [0.2, 0.25) is 0 Å². The summed E-state index contributed by atoms with van der Waals surface area (Å²) in [6.45, 7) is 10.3. The Kier molecular flexibility index (Phi) is 4.23. The van der Waals surface area contributed by atoms with Crippen molar-refractivity contribution in [3.63, 3.8) is 0 Å². The Hall–Kier alpha value is -2.09. The van der Waals surface area contributed by atoms with E-state index >= 15 is 0 Å². The highest BCUT2D eigenvalue weighted by Gasteiger charge is 2.34. The number of pyridine rings is 1. The first-order chi connectivity index (χ1) is 9.60. The molecule has 2 rings (SSSR count). The molecular formula is C18H22NO+. The Balaban J connectivity index is 2.53. The zero-order valence-corrected chi connectivity index (χ0v) is 12.7. The van der Waals surface area contributed by atoms with Crippen LogP contribution in [-0.2, 0) is 4.74 Å². The van der Waals surface area contributed by atoms with Crippen molar-refractivity contribution in [3.05, 3.63) is 71.8 Å². The molecule has 20 heavy (non-hydrogen) atoms. The fourth-order valence-corrected chi connectivity index (χ4v) is 2.52. The molecule has 0 fully saturated rings. The summed E-state index contributed by atoms with van der Waals surface area (Å²) in [6, 6.07) is 6.33. The minimum atomic E-state index is 0.432. The number of aromatic nitrogens is 1. The van der Waals surface area contributed by atoms with E-state index in [4.69, 9.17) is 4.74 Å². The van der Waals surface area contributed by atoms with Crippen LogP contribution in [0.4, 0.5) is 0 Å². The zero-order valence-electron chi connectivity index (χ0n) is 12.7. The summed E-state index contributed by atoms with van der Waals surface area (Å²) in [5, 5.41) is 0. The van der Waals surface area contributed by atoms with Crippen LogP contribution >= 0.6 is 0 Å². The third-order valence-corrected chi connectivity index (χ3v) is 3.91. The fourth-order valence-electron chi connectivity index (χ4n) is 2.52. The zero-order chi connectivity index (χ0) is 14.7. The minimum absolute atomic E-state index is 0.432. The average Bonchev–Trinajstić information content (AvgIpc) is 2.73. The van der Waals surface area contributed by atoms with Gasteiger partial charge in [0.2, 0.25) is 5.70 Å². The molecule has 0 aliphatic carbocycles. The molecule has 1 aromatic heterocycles. The van der Waals surface area contributed by atoms with Crippen LogP contribution in [0.5, 0.6) is 0 Å². The maximum atomic E-state index is 5.18. The molecule has 1 aromatic rings. The van der Waals surface area contributed by atoms with Crippen LogP contribution in [0, 0.1) is 0 Å². The van der Waals surface area contributed by atoms with Crippen LogP contribution in [0.1, 0.15) is 32.4 Å². The first-order valence-electron chi connectivity index (χ1n) is 6.87. The molecule has 0 spiro atoms. The van der Waals surface area contributed by atoms with Crippen LogP contribution < -0.4 is 4.57 Å². The van der Waals surface area contributed by atoms with E-state index < -0.39 is 0 Å². The van der Waals surface area contributed by atoms with E-state index in [0.29, 0.717) is 5.92 Å². The topological polar surface area (TPSA) is 13.1 Å². The number of fused-ring (bicyclic) bond motifs is 1. The second-order valence-electron chi connectivity index (χ2n) is 5.06. The second kappa shape index (κ2) is 5.91. The molecule has 1 aliphatic heterocycles. The molecule has 2 heteroatoms. The molecule has 0 radical (unpaired) electrons. The highest BCUT2D eigenvalue weighted by Crippen LogP contribution is 2.33. The van der Waals surface area contributed by atoms with Crippen molar-refractivity contribution in [2.75, 3.05) is 7.11 Å². The molecule has 2 heterocycles. The SMILES string of the molecule is C=C/C(=C\C=C(/C)OC)C1=C(C)C(C)c2cccc[n+]21. The lowest BCUT2D eigenvalue weighted by Crippen LogP contribution is -2.33. The van der Waals surface area contributed by atoms with Gasteiger partial charge in [0, 0.05) is 23.3 Å². The normalized spacial score (nSPS) is 19.1. The number of rotatable bonds is 4. The Bertz CT molecular complexity index is 620. The van der Waals surface area contributed by atoms with Crippen molar-refractivity contribution in [2.24, 2.45) is 0 Å². The molecule has 0 saturated carbocycles. The van der Waals surface area contributed by atoms with E-state index in [9.17, 15) is 0 Å². The number of ether oxygens (including phenoxy) is 1. The highest BCUT2D eigenvalue weighted by atomic mass is 16.5. The lowest BCUT2D eigenvalue weighted by molar-refractivity contribution is -0.583. The summed E-state index contributed by atoms with van der Waals surface area (Å²) in [6.07, 6.45) is 8.05. The number of nitrogens with zero attached hydrogens (tertiary/aromatic N) is 1. The van der Waals surface area contributed by atoms with Gasteiger partial charge in [-0.1, -0.05) is 18.7 Å². The predicted octanol–water partition coefficient (Wildman–Crippen LogP) is 3.98. The van der Waals surface area contributed by atoms with Gasteiger partial charge in [-0.2, -0.15) is 4.57 Å². The first-order valence-corrected chi connectivity index (χ1v) is 6.87. The molecule has 0 aromatic carbocycles. The molecule has 1 atom stereocenters. The van der Waals surface area contributed by atoms with E-state index in [1.165, 1.54) is 17.0 Å². The monoisotopic (exact) mass is 268 g/mol. The van der Waals surface area contributed by atoms with Crippen molar-refractivity contribution in [2.45, 2.75) is 26.7 Å². The molecule has 0 bridgehead atoms. The Morgan fingerprint density at radius 3 is 2.75 bits per heavy atom. The van der Waals surface area contributed by atoms with Gasteiger partial charge in [0.15, 0.2) is 11.9 Å². The Morgan fingerprint density at radius 1 is 1.35 bits per heavy atom. The number of hydrogen-bond donors (Lipinski definition) is 0. The van der Waals surface area contributed by atoms with Gasteiger partial charge >= 0.3 is 0 Å². The summed E-state index contributed by atoms with van der Waals surface area (Å²) < 4.78 is 7.44. The maximum absolute atomic E-state index is 5.18. The van der Waals surface area contributed by atoms with Crippen molar-refractivity contribution in [1.29, 1.82) is 0 Å². The fraction of sp³-hybridized carbons (Fsp3) is 0.278. The van der Waals surface area contributed by atoms with Gasteiger partial charge in [-0.3, -0.25) is 0 Å². The lowest BCUT2D eigenvalue weighted by Gasteiger charge is -2.01. The summed E-state index contributed by atoms with van der Waals surface area (Å²) in [4.78, 5) is 0. The van der Waals surface area contributed by atoms with Crippen molar-refractivity contribution >= 4 is 5.70 Å². The maximum Gasteiger partial charge on any atom is 0.217 e. The van der Waals surface area contributed by atoms with E-state index in [2.05, 4.69) is 55.5 Å². The average molecular weight is 268 g/mol. The number of hydrogen-bond acceptors (Lipinski definition) is 1. The van der Waals surface area contributed by atoms with Crippen LogP contribution in [0.25, 0.3) is 5.70 Å². The van der Waals surface area contributed by atoms with Crippen molar-refractivity contribution < 1.29 is 9.30 Å². The van der Waals surface area contributed by atoms with Crippen LogP contribution in [0.15, 0.2) is 66.1 Å². The molecule has 104 valence electrons. The van der Waals surface area contributed by atoms with Gasteiger partial charge in [0.25, 0.3) is 0 Å². The smallest absolute Gasteiger partial charge is 0.217 e. The third-order valence-electron chi connectivity index (χ3n) is 3.91. The highest BCUT2D eigenvalue weighted by molar-refractivity contribution is 5.68. The summed E-state index contributed by atoms with van der Waals surface area (Å²) >= 11 is 0. The molecule has 1 aliphatic rings. The third kappa shape index (κ3) is 2.46. The van der Waals surface area contributed by atoms with Crippen molar-refractivity contribution in [1.82, 2.24) is 0 Å². The van der Waals surface area contributed by atoms with Gasteiger partial charge in [-0.15, -0.1) is 0 Å². The van der Waals surface area contributed by atoms with Gasteiger partial charge in [0.05, 0.1) is 18.8 Å². The predicted molar refractivity (Wildman–Crippen MR) is 83.0 cm³/mol. The second-order valence-corrected chi connectivity index (χ2v) is 5.06. The standard InChI is InChI=1S/C18H22NO/c1-6-16(11-10-13(2)20-5)18-15(4)14(3)17-9-7-8-12-19(17)18/h6-12,14H,1H2,2-5H3/q+1/b13-10+,16-11+. The van der Waals surface area contributed by atoms with Crippen LogP contribution in [0.3, 0.4) is 0 Å². The van der Waals surface area contributed by atoms with E-state index in [0.717, 1.165) is 11.3 Å².